The lowest BCUT2D eigenvalue weighted by molar-refractivity contribution is -0.119. The van der Waals surface area contributed by atoms with Gasteiger partial charge >= 0.3 is 0 Å². The summed E-state index contributed by atoms with van der Waals surface area (Å²) in [5, 5.41) is 2.70. The van der Waals surface area contributed by atoms with Gasteiger partial charge in [-0.25, -0.2) is 4.98 Å². The van der Waals surface area contributed by atoms with Gasteiger partial charge in [0.15, 0.2) is 0 Å². The second-order valence-electron chi connectivity index (χ2n) is 5.59. The first kappa shape index (κ1) is 16.0. The molecule has 1 aliphatic rings. The molecule has 0 radical (unpaired) electrons. The van der Waals surface area contributed by atoms with Gasteiger partial charge in [0.2, 0.25) is 5.91 Å². The van der Waals surface area contributed by atoms with Crippen LogP contribution in [0.15, 0.2) is 31.0 Å². The van der Waals surface area contributed by atoms with E-state index in [9.17, 15) is 9.59 Å². The van der Waals surface area contributed by atoms with Crippen molar-refractivity contribution in [3.05, 3.63) is 48.1 Å². The molecule has 3 heterocycles. The van der Waals surface area contributed by atoms with Gasteiger partial charge in [-0.15, -0.1) is 0 Å². The number of nitrogens with zero attached hydrogens (tertiary/aromatic N) is 5. The zero-order valence-electron chi connectivity index (χ0n) is 13.3. The van der Waals surface area contributed by atoms with Gasteiger partial charge in [0, 0.05) is 25.9 Å². The van der Waals surface area contributed by atoms with Crippen molar-refractivity contribution in [2.24, 2.45) is 0 Å². The van der Waals surface area contributed by atoms with Crippen LogP contribution in [0.2, 0.25) is 0 Å². The summed E-state index contributed by atoms with van der Waals surface area (Å²) in [6.07, 6.45) is 9.52. The Morgan fingerprint density at radius 1 is 1.25 bits per heavy atom. The fraction of sp³-hybridized carbons (Fsp3) is 0.375. The van der Waals surface area contributed by atoms with Crippen molar-refractivity contribution in [3.8, 4) is 0 Å². The number of hydrogen-bond donors (Lipinski definition) is 1. The highest BCUT2D eigenvalue weighted by Crippen LogP contribution is 2.31. The van der Waals surface area contributed by atoms with E-state index in [2.05, 4.69) is 25.3 Å². The van der Waals surface area contributed by atoms with Crippen LogP contribution in [0.4, 0.5) is 0 Å². The number of hydrogen-bond acceptors (Lipinski definition) is 6. The molecular formula is C16H18N6O2. The first-order chi connectivity index (χ1) is 11.6. The molecule has 24 heavy (non-hydrogen) atoms. The summed E-state index contributed by atoms with van der Waals surface area (Å²) in [4.78, 5) is 42.2. The molecule has 8 heteroatoms. The Labute approximate surface area is 139 Å². The molecule has 0 aromatic carbocycles. The van der Waals surface area contributed by atoms with Crippen LogP contribution in [0.3, 0.4) is 0 Å². The van der Waals surface area contributed by atoms with Crippen molar-refractivity contribution < 1.29 is 9.59 Å². The number of aromatic nitrogens is 4. The quantitative estimate of drug-likeness (QED) is 0.895. The second kappa shape index (κ2) is 7.12. The number of rotatable bonds is 4. The molecule has 2 amide bonds. The van der Waals surface area contributed by atoms with Crippen molar-refractivity contribution >= 4 is 11.8 Å². The third kappa shape index (κ3) is 3.53. The third-order valence-electron chi connectivity index (χ3n) is 3.86. The fourth-order valence-corrected chi connectivity index (χ4v) is 2.76. The summed E-state index contributed by atoms with van der Waals surface area (Å²) in [6.45, 7) is 2.42. The average molecular weight is 326 g/mol. The van der Waals surface area contributed by atoms with E-state index in [1.165, 1.54) is 25.5 Å². The highest BCUT2D eigenvalue weighted by atomic mass is 16.2. The predicted molar refractivity (Wildman–Crippen MR) is 84.6 cm³/mol. The van der Waals surface area contributed by atoms with Gasteiger partial charge in [-0.2, -0.15) is 0 Å². The van der Waals surface area contributed by atoms with Gasteiger partial charge in [0.05, 0.1) is 42.6 Å². The summed E-state index contributed by atoms with van der Waals surface area (Å²) in [5.41, 5.74) is 1.72. The van der Waals surface area contributed by atoms with Gasteiger partial charge in [-0.1, -0.05) is 0 Å². The van der Waals surface area contributed by atoms with Gasteiger partial charge in [-0.05, 0) is 12.8 Å². The number of likely N-dealkylation sites (tertiary alicyclic amines) is 1. The van der Waals surface area contributed by atoms with E-state index in [-0.39, 0.29) is 17.9 Å². The second-order valence-corrected chi connectivity index (χ2v) is 5.59. The molecule has 2 aromatic heterocycles. The maximum atomic E-state index is 12.6. The van der Waals surface area contributed by atoms with Crippen LogP contribution in [0.5, 0.6) is 0 Å². The van der Waals surface area contributed by atoms with E-state index in [1.54, 1.807) is 17.3 Å². The Hall–Kier alpha value is -2.90. The number of carbonyl (C=O) groups is 2. The molecule has 1 atom stereocenters. The minimum absolute atomic E-state index is 0.123. The SMILES string of the molecule is CC(=O)NCc1cncc(C2CCCN2C(=O)c2cnccn2)n1. The lowest BCUT2D eigenvalue weighted by Gasteiger charge is -2.23. The predicted octanol–water partition coefficient (Wildman–Crippen LogP) is 0.880. The molecule has 0 aliphatic carbocycles. The molecule has 1 fully saturated rings. The third-order valence-corrected chi connectivity index (χ3v) is 3.86. The maximum Gasteiger partial charge on any atom is 0.274 e. The van der Waals surface area contributed by atoms with Crippen molar-refractivity contribution in [1.82, 2.24) is 30.2 Å². The zero-order chi connectivity index (χ0) is 16.9. The molecule has 2 aromatic rings. The summed E-state index contributed by atoms with van der Waals surface area (Å²) in [5.74, 6) is -0.276. The Balaban J connectivity index is 1.79. The Bertz CT molecular complexity index is 736. The summed E-state index contributed by atoms with van der Waals surface area (Å²) >= 11 is 0. The van der Waals surface area contributed by atoms with E-state index < -0.39 is 0 Å². The lowest BCUT2D eigenvalue weighted by Crippen LogP contribution is -2.32. The fourth-order valence-electron chi connectivity index (χ4n) is 2.76. The van der Waals surface area contributed by atoms with E-state index in [4.69, 9.17) is 0 Å². The Morgan fingerprint density at radius 2 is 2.12 bits per heavy atom. The van der Waals surface area contributed by atoms with Gasteiger partial charge in [0.25, 0.3) is 5.91 Å². The summed E-state index contributed by atoms with van der Waals surface area (Å²) in [7, 11) is 0. The Morgan fingerprint density at radius 3 is 2.88 bits per heavy atom. The van der Waals surface area contributed by atoms with Gasteiger partial charge < -0.3 is 10.2 Å². The molecule has 3 rings (SSSR count). The highest BCUT2D eigenvalue weighted by molar-refractivity contribution is 5.92. The average Bonchev–Trinajstić information content (AvgIpc) is 3.10. The molecule has 0 bridgehead atoms. The zero-order valence-corrected chi connectivity index (χ0v) is 13.3. The van der Waals surface area contributed by atoms with E-state index >= 15 is 0 Å². The number of carbonyl (C=O) groups excluding carboxylic acids is 2. The highest BCUT2D eigenvalue weighted by Gasteiger charge is 2.32. The van der Waals surface area contributed by atoms with Crippen LogP contribution >= 0.6 is 0 Å². The molecule has 1 N–H and O–H groups in total. The summed E-state index contributed by atoms with van der Waals surface area (Å²) in [6, 6.07) is -0.135. The molecule has 1 unspecified atom stereocenters. The first-order valence-corrected chi connectivity index (χ1v) is 7.77. The van der Waals surface area contributed by atoms with E-state index in [0.717, 1.165) is 18.5 Å². The summed E-state index contributed by atoms with van der Waals surface area (Å²) < 4.78 is 0. The van der Waals surface area contributed by atoms with Crippen LogP contribution in [-0.4, -0.2) is 43.2 Å². The van der Waals surface area contributed by atoms with Crippen LogP contribution in [-0.2, 0) is 11.3 Å². The van der Waals surface area contributed by atoms with Gasteiger partial charge in [0.1, 0.15) is 5.69 Å². The number of nitrogens with one attached hydrogen (secondary N) is 1. The van der Waals surface area contributed by atoms with Crippen LogP contribution < -0.4 is 5.32 Å². The minimum atomic E-state index is -0.153. The topological polar surface area (TPSA) is 101 Å². The first-order valence-electron chi connectivity index (χ1n) is 7.77. The van der Waals surface area contributed by atoms with Crippen LogP contribution in [0.1, 0.15) is 47.7 Å². The number of amides is 2. The normalized spacial score (nSPS) is 16.9. The van der Waals surface area contributed by atoms with Gasteiger partial charge in [-0.3, -0.25) is 24.5 Å². The molecular weight excluding hydrogens is 308 g/mol. The van der Waals surface area contributed by atoms with Crippen LogP contribution in [0, 0.1) is 0 Å². The van der Waals surface area contributed by atoms with Crippen molar-refractivity contribution in [2.45, 2.75) is 32.4 Å². The molecule has 8 nitrogen and oxygen atoms in total. The van der Waals surface area contributed by atoms with E-state index in [1.807, 2.05) is 0 Å². The monoisotopic (exact) mass is 326 g/mol. The van der Waals surface area contributed by atoms with Crippen molar-refractivity contribution in [3.63, 3.8) is 0 Å². The van der Waals surface area contributed by atoms with Crippen molar-refractivity contribution in [2.75, 3.05) is 6.54 Å². The minimum Gasteiger partial charge on any atom is -0.351 e. The molecule has 1 saturated heterocycles. The molecule has 124 valence electrons. The molecule has 1 aliphatic heterocycles. The van der Waals surface area contributed by atoms with E-state index in [0.29, 0.717) is 24.5 Å². The Kier molecular flexibility index (Phi) is 4.74. The van der Waals surface area contributed by atoms with Crippen LogP contribution in [0.25, 0.3) is 0 Å². The standard InChI is InChI=1S/C16H18N6O2/c1-11(23)20-8-12-7-18-9-13(21-12)15-3-2-6-22(15)16(24)14-10-17-4-5-19-14/h4-5,7,9-10,15H,2-3,6,8H2,1H3,(H,20,23). The lowest BCUT2D eigenvalue weighted by atomic mass is 10.1. The largest absolute Gasteiger partial charge is 0.351 e. The van der Waals surface area contributed by atoms with Crippen molar-refractivity contribution in [1.29, 1.82) is 0 Å². The maximum absolute atomic E-state index is 12.6. The molecule has 0 spiro atoms. The smallest absolute Gasteiger partial charge is 0.274 e. The molecule has 0 saturated carbocycles.